The summed E-state index contributed by atoms with van der Waals surface area (Å²) in [5, 5.41) is 0.356. The number of carbonyl (C=O) groups excluding carboxylic acids is 1. The Morgan fingerprint density at radius 1 is 1.30 bits per heavy atom. The number of anilines is 1. The van der Waals surface area contributed by atoms with Gasteiger partial charge in [-0.3, -0.25) is 4.79 Å². The molecule has 0 bridgehead atoms. The van der Waals surface area contributed by atoms with Crippen molar-refractivity contribution >= 4 is 22.1 Å². The molecule has 0 saturated carbocycles. The van der Waals surface area contributed by atoms with Crippen LogP contribution in [0.25, 0.3) is 0 Å². The van der Waals surface area contributed by atoms with E-state index in [4.69, 9.17) is 5.73 Å². The summed E-state index contributed by atoms with van der Waals surface area (Å²) in [5.74, 6) is -1.99. The second-order valence-electron chi connectivity index (χ2n) is 5.05. The lowest BCUT2D eigenvalue weighted by molar-refractivity contribution is 0.103. The fraction of sp³-hybridized carbons (Fsp3) is 0.267. The van der Waals surface area contributed by atoms with Crippen molar-refractivity contribution in [3.8, 4) is 0 Å². The van der Waals surface area contributed by atoms with Crippen LogP contribution in [0.5, 0.6) is 0 Å². The van der Waals surface area contributed by atoms with Crippen LogP contribution in [0.2, 0.25) is 0 Å². The highest BCUT2D eigenvalue weighted by atomic mass is 32.1. The van der Waals surface area contributed by atoms with E-state index in [2.05, 4.69) is 6.92 Å². The fourth-order valence-corrected chi connectivity index (χ4v) is 3.93. The molecule has 5 heteroatoms. The van der Waals surface area contributed by atoms with Gasteiger partial charge in [0, 0.05) is 4.88 Å². The predicted molar refractivity (Wildman–Crippen MR) is 75.3 cm³/mol. The van der Waals surface area contributed by atoms with Crippen LogP contribution in [0.4, 0.5) is 13.8 Å². The first kappa shape index (κ1) is 13.2. The van der Waals surface area contributed by atoms with Crippen molar-refractivity contribution in [1.29, 1.82) is 0 Å². The summed E-state index contributed by atoms with van der Waals surface area (Å²) in [6.45, 7) is 2.07. The van der Waals surface area contributed by atoms with Gasteiger partial charge in [-0.15, -0.1) is 11.3 Å². The Kier molecular flexibility index (Phi) is 3.09. The van der Waals surface area contributed by atoms with E-state index in [-0.39, 0.29) is 0 Å². The number of benzene rings is 1. The van der Waals surface area contributed by atoms with Crippen LogP contribution in [0.3, 0.4) is 0 Å². The van der Waals surface area contributed by atoms with Gasteiger partial charge in [0.05, 0.1) is 16.1 Å². The van der Waals surface area contributed by atoms with Gasteiger partial charge in [-0.05, 0) is 36.5 Å². The lowest BCUT2D eigenvalue weighted by Gasteiger charge is -2.05. The van der Waals surface area contributed by atoms with Crippen LogP contribution >= 0.6 is 11.3 Å². The number of nitrogens with two attached hydrogens (primary N) is 1. The zero-order chi connectivity index (χ0) is 14.4. The molecule has 104 valence electrons. The van der Waals surface area contributed by atoms with Gasteiger partial charge in [0.2, 0.25) is 5.78 Å². The Morgan fingerprint density at radius 3 is 2.60 bits per heavy atom. The monoisotopic (exact) mass is 293 g/mol. The number of nitrogen functional groups attached to an aromatic ring is 1. The zero-order valence-corrected chi connectivity index (χ0v) is 11.7. The van der Waals surface area contributed by atoms with Crippen molar-refractivity contribution < 1.29 is 13.6 Å². The van der Waals surface area contributed by atoms with Crippen molar-refractivity contribution in [2.24, 2.45) is 0 Å². The van der Waals surface area contributed by atoms with Gasteiger partial charge >= 0.3 is 0 Å². The third kappa shape index (κ3) is 1.85. The van der Waals surface area contributed by atoms with Crippen molar-refractivity contribution in [3.63, 3.8) is 0 Å². The Hall–Kier alpha value is -1.75. The standard InChI is InChI=1S/C15H13F2NOS/c1-7-5-6-8-11(15(18)20-14(7)8)13(19)12-9(16)3-2-4-10(12)17/h2-4,7H,5-6,18H2,1H3. The minimum Gasteiger partial charge on any atom is -0.390 e. The van der Waals surface area contributed by atoms with Gasteiger partial charge in [0.15, 0.2) is 0 Å². The largest absolute Gasteiger partial charge is 0.390 e. The smallest absolute Gasteiger partial charge is 0.202 e. The first-order valence-electron chi connectivity index (χ1n) is 6.40. The molecule has 1 aromatic carbocycles. The Labute approximate surface area is 119 Å². The normalized spacial score (nSPS) is 17.2. The molecule has 3 rings (SSSR count). The van der Waals surface area contributed by atoms with Crippen LogP contribution in [-0.4, -0.2) is 5.78 Å². The average molecular weight is 293 g/mol. The van der Waals surface area contributed by atoms with Crippen LogP contribution in [0.1, 0.15) is 45.6 Å². The summed E-state index contributed by atoms with van der Waals surface area (Å²) in [6.07, 6.45) is 1.68. The van der Waals surface area contributed by atoms with Crippen molar-refractivity contribution in [2.75, 3.05) is 5.73 Å². The Balaban J connectivity index is 2.15. The van der Waals surface area contributed by atoms with Gasteiger partial charge in [-0.2, -0.15) is 0 Å². The second kappa shape index (κ2) is 4.66. The number of hydrogen-bond acceptors (Lipinski definition) is 3. The molecule has 0 radical (unpaired) electrons. The molecule has 2 aromatic rings. The summed E-state index contributed by atoms with van der Waals surface area (Å²) < 4.78 is 27.5. The van der Waals surface area contributed by atoms with E-state index in [9.17, 15) is 13.6 Å². The minimum atomic E-state index is -0.847. The molecule has 1 unspecified atom stereocenters. The highest BCUT2D eigenvalue weighted by Crippen LogP contribution is 2.44. The highest BCUT2D eigenvalue weighted by molar-refractivity contribution is 7.16. The molecule has 0 spiro atoms. The van der Waals surface area contributed by atoms with Crippen LogP contribution in [-0.2, 0) is 6.42 Å². The maximum Gasteiger partial charge on any atom is 0.202 e. The summed E-state index contributed by atoms with van der Waals surface area (Å²) in [6, 6.07) is 3.41. The summed E-state index contributed by atoms with van der Waals surface area (Å²) >= 11 is 1.36. The van der Waals surface area contributed by atoms with Crippen molar-refractivity contribution in [3.05, 3.63) is 51.4 Å². The van der Waals surface area contributed by atoms with Crippen LogP contribution in [0.15, 0.2) is 18.2 Å². The Bertz CT molecular complexity index is 688. The van der Waals surface area contributed by atoms with Gasteiger partial charge in [-0.1, -0.05) is 13.0 Å². The molecule has 2 N–H and O–H groups in total. The summed E-state index contributed by atoms with van der Waals surface area (Å²) in [5.41, 5.74) is 6.55. The van der Waals surface area contributed by atoms with Crippen molar-refractivity contribution in [2.45, 2.75) is 25.7 Å². The third-order valence-corrected chi connectivity index (χ3v) is 5.05. The van der Waals surface area contributed by atoms with Gasteiger partial charge < -0.3 is 5.73 Å². The zero-order valence-electron chi connectivity index (χ0n) is 10.9. The molecule has 20 heavy (non-hydrogen) atoms. The van der Waals surface area contributed by atoms with Gasteiger partial charge in [0.1, 0.15) is 11.6 Å². The topological polar surface area (TPSA) is 43.1 Å². The number of hydrogen-bond donors (Lipinski definition) is 1. The van der Waals surface area contributed by atoms with E-state index in [1.165, 1.54) is 17.4 Å². The second-order valence-corrected chi connectivity index (χ2v) is 6.13. The van der Waals surface area contributed by atoms with E-state index in [1.807, 2.05) is 0 Å². The SMILES string of the molecule is CC1CCc2c1sc(N)c2C(=O)c1c(F)cccc1F. The van der Waals surface area contributed by atoms with Crippen LogP contribution in [0, 0.1) is 11.6 Å². The number of rotatable bonds is 2. The third-order valence-electron chi connectivity index (χ3n) is 3.76. The molecule has 1 heterocycles. The number of ketones is 1. The molecular formula is C15H13F2NOS. The maximum atomic E-state index is 13.8. The van der Waals surface area contributed by atoms with E-state index >= 15 is 0 Å². The van der Waals surface area contributed by atoms with E-state index in [1.54, 1.807) is 0 Å². The van der Waals surface area contributed by atoms with Crippen LogP contribution < -0.4 is 5.73 Å². The predicted octanol–water partition coefficient (Wildman–Crippen LogP) is 3.89. The number of halogens is 2. The molecule has 1 aliphatic carbocycles. The Morgan fingerprint density at radius 2 is 1.95 bits per heavy atom. The molecule has 0 aliphatic heterocycles. The van der Waals surface area contributed by atoms with Gasteiger partial charge in [-0.25, -0.2) is 8.78 Å². The van der Waals surface area contributed by atoms with E-state index in [0.29, 0.717) is 16.5 Å². The lowest BCUT2D eigenvalue weighted by atomic mass is 9.99. The summed E-state index contributed by atoms with van der Waals surface area (Å²) in [7, 11) is 0. The summed E-state index contributed by atoms with van der Waals surface area (Å²) in [4.78, 5) is 13.6. The number of thiophene rings is 1. The van der Waals surface area contributed by atoms with Crippen molar-refractivity contribution in [1.82, 2.24) is 0 Å². The number of fused-ring (bicyclic) bond motifs is 1. The molecule has 0 amide bonds. The van der Waals surface area contributed by atoms with Gasteiger partial charge in [0.25, 0.3) is 0 Å². The van der Waals surface area contributed by atoms with E-state index < -0.39 is 23.0 Å². The molecule has 1 atom stereocenters. The maximum absolute atomic E-state index is 13.8. The highest BCUT2D eigenvalue weighted by Gasteiger charge is 2.31. The number of carbonyl (C=O) groups is 1. The molecule has 2 nitrogen and oxygen atoms in total. The minimum absolute atomic E-state index is 0.290. The first-order chi connectivity index (χ1) is 9.50. The lowest BCUT2D eigenvalue weighted by Crippen LogP contribution is -2.10. The molecule has 1 aromatic heterocycles. The quantitative estimate of drug-likeness (QED) is 0.854. The molecule has 1 aliphatic rings. The molecular weight excluding hydrogens is 280 g/mol. The first-order valence-corrected chi connectivity index (χ1v) is 7.22. The van der Waals surface area contributed by atoms with E-state index in [0.717, 1.165) is 35.4 Å². The molecule has 0 fully saturated rings. The average Bonchev–Trinajstić information content (AvgIpc) is 2.88. The molecule has 0 saturated heterocycles. The fourth-order valence-electron chi connectivity index (χ4n) is 2.73.